The summed E-state index contributed by atoms with van der Waals surface area (Å²) in [4.78, 5) is 26.6. The van der Waals surface area contributed by atoms with Crippen molar-refractivity contribution in [1.82, 2.24) is 29.3 Å². The lowest BCUT2D eigenvalue weighted by atomic mass is 10.1. The SMILES string of the molecule is Cc1cccnc1-n1c(Cn2nc(-c3cc(O)cc(F)c3)c3c(N)ncnc32)cc2ccccc2c1=O. The van der Waals surface area contributed by atoms with Gasteiger partial charge in [-0.1, -0.05) is 24.3 Å². The number of phenolic OH excluding ortho intramolecular Hbond substituents is 1. The van der Waals surface area contributed by atoms with Gasteiger partial charge in [-0.2, -0.15) is 5.10 Å². The minimum atomic E-state index is -0.623. The summed E-state index contributed by atoms with van der Waals surface area (Å²) in [6.45, 7) is 2.02. The lowest BCUT2D eigenvalue weighted by Gasteiger charge is -2.16. The number of aromatic hydroxyl groups is 1. The van der Waals surface area contributed by atoms with Gasteiger partial charge in [0, 0.05) is 23.2 Å². The highest BCUT2D eigenvalue weighted by atomic mass is 19.1. The van der Waals surface area contributed by atoms with E-state index < -0.39 is 5.82 Å². The summed E-state index contributed by atoms with van der Waals surface area (Å²) in [7, 11) is 0. The van der Waals surface area contributed by atoms with E-state index >= 15 is 0 Å². The molecule has 0 aliphatic rings. The molecular weight excluding hydrogens is 473 g/mol. The zero-order chi connectivity index (χ0) is 25.7. The quantitative estimate of drug-likeness (QED) is 0.381. The van der Waals surface area contributed by atoms with Gasteiger partial charge >= 0.3 is 0 Å². The molecule has 2 aromatic carbocycles. The predicted molar refractivity (Wildman–Crippen MR) is 138 cm³/mol. The summed E-state index contributed by atoms with van der Waals surface area (Å²) in [6.07, 6.45) is 2.96. The van der Waals surface area contributed by atoms with Crippen LogP contribution >= 0.6 is 0 Å². The van der Waals surface area contributed by atoms with Gasteiger partial charge in [0.1, 0.15) is 35.2 Å². The zero-order valence-electron chi connectivity index (χ0n) is 19.6. The number of pyridine rings is 2. The van der Waals surface area contributed by atoms with Gasteiger partial charge in [0.25, 0.3) is 5.56 Å². The Morgan fingerprint density at radius 3 is 2.68 bits per heavy atom. The van der Waals surface area contributed by atoms with Gasteiger partial charge in [0.05, 0.1) is 17.6 Å². The van der Waals surface area contributed by atoms with Crippen LogP contribution in [0.3, 0.4) is 0 Å². The highest BCUT2D eigenvalue weighted by molar-refractivity contribution is 5.98. The van der Waals surface area contributed by atoms with Crippen LogP contribution < -0.4 is 11.3 Å². The Morgan fingerprint density at radius 2 is 1.86 bits per heavy atom. The van der Waals surface area contributed by atoms with Crippen molar-refractivity contribution in [2.45, 2.75) is 13.5 Å². The largest absolute Gasteiger partial charge is 0.508 e. The van der Waals surface area contributed by atoms with Crippen molar-refractivity contribution in [1.29, 1.82) is 0 Å². The minimum Gasteiger partial charge on any atom is -0.508 e. The molecule has 0 fully saturated rings. The molecule has 0 radical (unpaired) electrons. The molecule has 0 bridgehead atoms. The first kappa shape index (κ1) is 22.4. The maximum Gasteiger partial charge on any atom is 0.264 e. The predicted octanol–water partition coefficient (Wildman–Crippen LogP) is 3.98. The fourth-order valence-corrected chi connectivity index (χ4v) is 4.58. The number of halogens is 1. The average molecular weight is 494 g/mol. The van der Waals surface area contributed by atoms with E-state index in [2.05, 4.69) is 20.1 Å². The summed E-state index contributed by atoms with van der Waals surface area (Å²) in [5.41, 5.74) is 8.45. The third-order valence-corrected chi connectivity index (χ3v) is 6.22. The molecule has 10 heteroatoms. The molecule has 0 aliphatic carbocycles. The van der Waals surface area contributed by atoms with Crippen LogP contribution in [0.1, 0.15) is 11.3 Å². The van der Waals surface area contributed by atoms with Crippen molar-refractivity contribution < 1.29 is 9.50 Å². The maximum absolute atomic E-state index is 14.1. The monoisotopic (exact) mass is 493 g/mol. The van der Waals surface area contributed by atoms with E-state index in [9.17, 15) is 14.3 Å². The van der Waals surface area contributed by atoms with Gasteiger partial charge in [-0.15, -0.1) is 0 Å². The molecule has 9 nitrogen and oxygen atoms in total. The summed E-state index contributed by atoms with van der Waals surface area (Å²) in [5.74, 6) is -0.204. The number of benzene rings is 2. The Bertz CT molecular complexity index is 1870. The molecule has 0 spiro atoms. The molecule has 37 heavy (non-hydrogen) atoms. The van der Waals surface area contributed by atoms with Crippen LogP contribution in [-0.4, -0.2) is 34.4 Å². The number of rotatable bonds is 4. The first-order chi connectivity index (χ1) is 17.9. The van der Waals surface area contributed by atoms with Crippen LogP contribution in [0.2, 0.25) is 0 Å². The number of nitrogens with zero attached hydrogens (tertiary/aromatic N) is 6. The summed E-state index contributed by atoms with van der Waals surface area (Å²) in [5, 5.41) is 16.4. The molecule has 4 heterocycles. The number of hydrogen-bond acceptors (Lipinski definition) is 7. The van der Waals surface area contributed by atoms with Gasteiger partial charge in [-0.05, 0) is 48.2 Å². The second kappa shape index (κ2) is 8.52. The van der Waals surface area contributed by atoms with E-state index in [4.69, 9.17) is 5.73 Å². The van der Waals surface area contributed by atoms with Crippen molar-refractivity contribution in [2.24, 2.45) is 0 Å². The Morgan fingerprint density at radius 1 is 1.03 bits per heavy atom. The van der Waals surface area contributed by atoms with Gasteiger partial charge in [0.15, 0.2) is 5.65 Å². The zero-order valence-corrected chi connectivity index (χ0v) is 19.6. The Balaban J connectivity index is 1.61. The Hall–Kier alpha value is -5.12. The lowest BCUT2D eigenvalue weighted by Crippen LogP contribution is -2.25. The van der Waals surface area contributed by atoms with Gasteiger partial charge in [-0.25, -0.2) is 24.0 Å². The Labute approximate surface area is 209 Å². The smallest absolute Gasteiger partial charge is 0.264 e. The van der Waals surface area contributed by atoms with E-state index in [0.717, 1.165) is 17.0 Å². The van der Waals surface area contributed by atoms with Crippen molar-refractivity contribution in [3.05, 3.63) is 101 Å². The first-order valence-corrected chi connectivity index (χ1v) is 11.4. The van der Waals surface area contributed by atoms with E-state index in [-0.39, 0.29) is 23.7 Å². The normalized spacial score (nSPS) is 11.4. The maximum atomic E-state index is 14.1. The molecule has 3 N–H and O–H groups in total. The highest BCUT2D eigenvalue weighted by Gasteiger charge is 2.21. The van der Waals surface area contributed by atoms with Crippen molar-refractivity contribution >= 4 is 27.6 Å². The van der Waals surface area contributed by atoms with Crippen LogP contribution in [0.4, 0.5) is 10.2 Å². The molecular formula is C27H20FN7O2. The van der Waals surface area contributed by atoms with Crippen LogP contribution in [0.15, 0.2) is 78.0 Å². The van der Waals surface area contributed by atoms with Crippen molar-refractivity contribution in [3.8, 4) is 22.8 Å². The van der Waals surface area contributed by atoms with E-state index in [1.807, 2.05) is 43.3 Å². The topological polar surface area (TPSA) is 125 Å². The second-order valence-electron chi connectivity index (χ2n) is 8.67. The average Bonchev–Trinajstić information content (AvgIpc) is 3.24. The summed E-state index contributed by atoms with van der Waals surface area (Å²) >= 11 is 0. The van der Waals surface area contributed by atoms with E-state index in [0.29, 0.717) is 39.2 Å². The van der Waals surface area contributed by atoms with Crippen LogP contribution in [0, 0.1) is 12.7 Å². The van der Waals surface area contributed by atoms with Gasteiger partial charge < -0.3 is 10.8 Å². The van der Waals surface area contributed by atoms with Crippen LogP contribution in [0.25, 0.3) is 38.9 Å². The van der Waals surface area contributed by atoms with Crippen LogP contribution in [-0.2, 0) is 6.54 Å². The van der Waals surface area contributed by atoms with Crippen LogP contribution in [0.5, 0.6) is 5.75 Å². The number of nitrogens with two attached hydrogens (primary N) is 1. The molecule has 0 saturated heterocycles. The standard InChI is InChI=1S/C27H20FN7O2/c1-15-5-4-8-30-25(15)35-19(10-16-6-2-3-7-21(16)27(35)37)13-34-26-22(24(29)31-14-32-26)23(33-34)17-9-18(28)12-20(36)11-17/h2-12,14,36H,13H2,1H3,(H2,29,31,32). The Kier molecular flexibility index (Phi) is 5.15. The number of fused-ring (bicyclic) bond motifs is 2. The minimum absolute atomic E-state index is 0.129. The summed E-state index contributed by atoms with van der Waals surface area (Å²) < 4.78 is 17.3. The van der Waals surface area contributed by atoms with E-state index in [1.165, 1.54) is 18.5 Å². The first-order valence-electron chi connectivity index (χ1n) is 11.4. The number of nitrogen functional groups attached to an aromatic ring is 1. The van der Waals surface area contributed by atoms with Crippen molar-refractivity contribution in [2.75, 3.05) is 5.73 Å². The lowest BCUT2D eigenvalue weighted by molar-refractivity contribution is 0.469. The molecule has 6 rings (SSSR count). The highest BCUT2D eigenvalue weighted by Crippen LogP contribution is 2.33. The third-order valence-electron chi connectivity index (χ3n) is 6.22. The molecule has 0 aliphatic heterocycles. The molecule has 0 amide bonds. The fraction of sp³-hybridized carbons (Fsp3) is 0.0741. The number of phenols is 1. The van der Waals surface area contributed by atoms with Crippen molar-refractivity contribution in [3.63, 3.8) is 0 Å². The van der Waals surface area contributed by atoms with Gasteiger partial charge in [0.2, 0.25) is 0 Å². The van der Waals surface area contributed by atoms with Gasteiger partial charge in [-0.3, -0.25) is 9.36 Å². The molecule has 0 unspecified atom stereocenters. The molecule has 0 saturated carbocycles. The molecule has 182 valence electrons. The number of anilines is 1. The molecule has 0 atom stereocenters. The number of aromatic nitrogens is 6. The fourth-order valence-electron chi connectivity index (χ4n) is 4.58. The number of hydrogen-bond donors (Lipinski definition) is 2. The molecule has 6 aromatic rings. The number of aryl methyl sites for hydroxylation is 1. The molecule has 4 aromatic heterocycles. The summed E-state index contributed by atoms with van der Waals surface area (Å²) in [6, 6.07) is 16.6. The van der Waals surface area contributed by atoms with E-state index in [1.54, 1.807) is 21.5 Å². The second-order valence-corrected chi connectivity index (χ2v) is 8.67. The third kappa shape index (κ3) is 3.75.